The van der Waals surface area contributed by atoms with E-state index in [9.17, 15) is 9.59 Å². The van der Waals surface area contributed by atoms with E-state index in [2.05, 4.69) is 5.32 Å². The number of carbonyl (C=O) groups excluding carboxylic acids is 2. The number of nitrogens with one attached hydrogen (secondary N) is 1. The Hall–Kier alpha value is -2.57. The quantitative estimate of drug-likeness (QED) is 0.491. The van der Waals surface area contributed by atoms with E-state index in [1.165, 1.54) is 11.3 Å². The van der Waals surface area contributed by atoms with Crippen molar-refractivity contribution in [1.82, 2.24) is 5.32 Å². The van der Waals surface area contributed by atoms with E-state index in [0.717, 1.165) is 15.8 Å². The van der Waals surface area contributed by atoms with Crippen LogP contribution in [0.25, 0.3) is 10.1 Å². The summed E-state index contributed by atoms with van der Waals surface area (Å²) in [5, 5.41) is 3.78. The van der Waals surface area contributed by atoms with Crippen molar-refractivity contribution in [3.05, 3.63) is 64.5 Å². The fourth-order valence-corrected chi connectivity index (χ4v) is 3.67. The van der Waals surface area contributed by atoms with Crippen LogP contribution in [0, 0.1) is 0 Å². The summed E-state index contributed by atoms with van der Waals surface area (Å²) in [6.45, 7) is 0.273. The Labute approximate surface area is 159 Å². The van der Waals surface area contributed by atoms with Gasteiger partial charge in [-0.3, -0.25) is 4.79 Å². The lowest BCUT2D eigenvalue weighted by atomic mass is 10.2. The first-order chi connectivity index (χ1) is 12.6. The molecule has 0 radical (unpaired) electrons. The molecule has 0 spiro atoms. The van der Waals surface area contributed by atoms with E-state index in [-0.39, 0.29) is 6.61 Å². The molecular weight excluding hydrogens is 374 g/mol. The minimum atomic E-state index is -0.605. The number of carbonyl (C=O) groups is 2. The van der Waals surface area contributed by atoms with Gasteiger partial charge in [-0.1, -0.05) is 48.0 Å². The van der Waals surface area contributed by atoms with Gasteiger partial charge in [0.25, 0.3) is 5.91 Å². The maximum absolute atomic E-state index is 12.2. The van der Waals surface area contributed by atoms with E-state index < -0.39 is 11.9 Å². The van der Waals surface area contributed by atoms with Crippen molar-refractivity contribution < 1.29 is 19.1 Å². The molecule has 0 aliphatic rings. The second-order valence-corrected chi connectivity index (χ2v) is 6.76. The van der Waals surface area contributed by atoms with Gasteiger partial charge in [0.05, 0.1) is 11.6 Å². The van der Waals surface area contributed by atoms with E-state index >= 15 is 0 Å². The third kappa shape index (κ3) is 4.53. The number of fused-ring (bicyclic) bond motifs is 1. The van der Waals surface area contributed by atoms with Crippen LogP contribution < -0.4 is 10.1 Å². The lowest BCUT2D eigenvalue weighted by Gasteiger charge is -2.08. The van der Waals surface area contributed by atoms with Crippen LogP contribution in [0.4, 0.5) is 0 Å². The van der Waals surface area contributed by atoms with Gasteiger partial charge in [-0.2, -0.15) is 0 Å². The summed E-state index contributed by atoms with van der Waals surface area (Å²) in [6.07, 6.45) is 0. The normalized spacial score (nSPS) is 10.5. The molecule has 3 aromatic rings. The molecule has 26 heavy (non-hydrogen) atoms. The Morgan fingerprint density at radius 1 is 1.04 bits per heavy atom. The zero-order chi connectivity index (χ0) is 18.4. The lowest BCUT2D eigenvalue weighted by molar-refractivity contribution is -0.124. The average Bonchev–Trinajstić information content (AvgIpc) is 3.01. The summed E-state index contributed by atoms with van der Waals surface area (Å²) in [6, 6.07) is 16.7. The first kappa shape index (κ1) is 18.2. The van der Waals surface area contributed by atoms with Crippen molar-refractivity contribution in [2.45, 2.75) is 0 Å². The van der Waals surface area contributed by atoms with Gasteiger partial charge in [0.2, 0.25) is 0 Å². The van der Waals surface area contributed by atoms with Gasteiger partial charge in [0, 0.05) is 10.1 Å². The minimum Gasteiger partial charge on any atom is -0.492 e. The average molecular weight is 390 g/mol. The van der Waals surface area contributed by atoms with E-state index in [0.29, 0.717) is 23.1 Å². The van der Waals surface area contributed by atoms with Crippen LogP contribution in [0.2, 0.25) is 5.02 Å². The zero-order valence-corrected chi connectivity index (χ0v) is 15.3. The molecule has 1 heterocycles. The summed E-state index contributed by atoms with van der Waals surface area (Å²) in [4.78, 5) is 24.2. The highest BCUT2D eigenvalue weighted by atomic mass is 35.5. The predicted octanol–water partition coefficient (Wildman–Crippen LogP) is 3.91. The number of hydrogen-bond donors (Lipinski definition) is 1. The third-order valence-corrected chi connectivity index (χ3v) is 5.15. The number of thiophene rings is 1. The summed E-state index contributed by atoms with van der Waals surface area (Å²) in [5.74, 6) is -0.272. The first-order valence-electron chi connectivity index (χ1n) is 7.94. The van der Waals surface area contributed by atoms with Gasteiger partial charge in [-0.05, 0) is 18.2 Å². The number of ether oxygens (including phenoxy) is 2. The molecule has 5 nitrogen and oxygen atoms in total. The van der Waals surface area contributed by atoms with Gasteiger partial charge < -0.3 is 14.8 Å². The van der Waals surface area contributed by atoms with Gasteiger partial charge in [-0.15, -0.1) is 11.3 Å². The van der Waals surface area contributed by atoms with Gasteiger partial charge in [0.1, 0.15) is 17.2 Å². The number of amides is 1. The smallest absolute Gasteiger partial charge is 0.350 e. The molecular formula is C19H16ClNO4S. The highest BCUT2D eigenvalue weighted by Crippen LogP contribution is 2.35. The highest BCUT2D eigenvalue weighted by molar-refractivity contribution is 7.21. The summed E-state index contributed by atoms with van der Waals surface area (Å²) < 4.78 is 11.4. The van der Waals surface area contributed by atoms with E-state index in [1.807, 2.05) is 54.6 Å². The molecule has 0 fully saturated rings. The predicted molar refractivity (Wildman–Crippen MR) is 102 cm³/mol. The number of rotatable bonds is 7. The number of benzene rings is 2. The molecule has 2 aromatic carbocycles. The van der Waals surface area contributed by atoms with Crippen LogP contribution in [-0.2, 0) is 9.53 Å². The molecule has 0 saturated carbocycles. The maximum Gasteiger partial charge on any atom is 0.350 e. The lowest BCUT2D eigenvalue weighted by Crippen LogP contribution is -2.32. The fraction of sp³-hybridized carbons (Fsp3) is 0.158. The Kier molecular flexibility index (Phi) is 6.09. The van der Waals surface area contributed by atoms with Crippen LogP contribution in [0.15, 0.2) is 54.6 Å². The Bertz CT molecular complexity index is 910. The van der Waals surface area contributed by atoms with Crippen LogP contribution in [0.3, 0.4) is 0 Å². The molecule has 0 unspecified atom stereocenters. The molecule has 1 amide bonds. The number of para-hydroxylation sites is 1. The maximum atomic E-state index is 12.2. The Morgan fingerprint density at radius 2 is 1.77 bits per heavy atom. The summed E-state index contributed by atoms with van der Waals surface area (Å²) >= 11 is 7.47. The molecule has 0 atom stereocenters. The molecule has 134 valence electrons. The number of hydrogen-bond acceptors (Lipinski definition) is 5. The fourth-order valence-electron chi connectivity index (χ4n) is 2.27. The molecule has 0 aliphatic heterocycles. The monoisotopic (exact) mass is 389 g/mol. The van der Waals surface area contributed by atoms with Crippen molar-refractivity contribution in [3.8, 4) is 5.75 Å². The van der Waals surface area contributed by atoms with Gasteiger partial charge in [-0.25, -0.2) is 4.79 Å². The second kappa shape index (κ2) is 8.69. The second-order valence-electron chi connectivity index (χ2n) is 5.33. The standard InChI is InChI=1S/C19H16ClNO4S/c20-17-14-8-4-5-9-15(14)26-18(17)19(23)25-12-16(22)21-10-11-24-13-6-2-1-3-7-13/h1-9H,10-12H2,(H,21,22). The Balaban J connectivity index is 1.43. The molecule has 0 bridgehead atoms. The first-order valence-corrected chi connectivity index (χ1v) is 9.13. The van der Waals surface area contributed by atoms with Gasteiger partial charge >= 0.3 is 5.97 Å². The topological polar surface area (TPSA) is 64.6 Å². The van der Waals surface area contributed by atoms with Crippen molar-refractivity contribution in [1.29, 1.82) is 0 Å². The zero-order valence-electron chi connectivity index (χ0n) is 13.7. The Morgan fingerprint density at radius 3 is 2.54 bits per heavy atom. The molecule has 0 saturated heterocycles. The number of esters is 1. The van der Waals surface area contributed by atoms with E-state index in [1.54, 1.807) is 0 Å². The SMILES string of the molecule is O=C(COC(=O)c1sc2ccccc2c1Cl)NCCOc1ccccc1. The van der Waals surface area contributed by atoms with Crippen LogP contribution in [0.1, 0.15) is 9.67 Å². The highest BCUT2D eigenvalue weighted by Gasteiger charge is 2.19. The summed E-state index contributed by atoms with van der Waals surface area (Å²) in [5.41, 5.74) is 0. The number of halogens is 1. The van der Waals surface area contributed by atoms with Crippen LogP contribution in [0.5, 0.6) is 5.75 Å². The van der Waals surface area contributed by atoms with Crippen LogP contribution in [-0.4, -0.2) is 31.6 Å². The molecule has 1 N–H and O–H groups in total. The molecule has 0 aliphatic carbocycles. The van der Waals surface area contributed by atoms with Crippen LogP contribution >= 0.6 is 22.9 Å². The van der Waals surface area contributed by atoms with E-state index in [4.69, 9.17) is 21.1 Å². The molecule has 1 aromatic heterocycles. The van der Waals surface area contributed by atoms with Gasteiger partial charge in [0.15, 0.2) is 6.61 Å². The van der Waals surface area contributed by atoms with Crippen molar-refractivity contribution in [2.75, 3.05) is 19.8 Å². The van der Waals surface area contributed by atoms with Crippen molar-refractivity contribution >= 4 is 44.9 Å². The molecule has 7 heteroatoms. The largest absolute Gasteiger partial charge is 0.492 e. The molecule has 3 rings (SSSR count). The van der Waals surface area contributed by atoms with Crippen molar-refractivity contribution in [2.24, 2.45) is 0 Å². The third-order valence-electron chi connectivity index (χ3n) is 3.49. The minimum absolute atomic E-state index is 0.299. The van der Waals surface area contributed by atoms with Crippen molar-refractivity contribution in [3.63, 3.8) is 0 Å². The summed E-state index contributed by atoms with van der Waals surface area (Å²) in [7, 11) is 0.